The maximum absolute atomic E-state index is 15.1. The van der Waals surface area contributed by atoms with Gasteiger partial charge in [0.15, 0.2) is 29.8 Å². The van der Waals surface area contributed by atoms with E-state index in [1.807, 2.05) is 0 Å². The zero-order valence-corrected chi connectivity index (χ0v) is 22.3. The van der Waals surface area contributed by atoms with Gasteiger partial charge >= 0.3 is 6.80 Å². The molecule has 2 saturated heterocycles. The van der Waals surface area contributed by atoms with Crippen LogP contribution in [0.5, 0.6) is 0 Å². The number of hydrogen-bond acceptors (Lipinski definition) is 13. The Kier molecular flexibility index (Phi) is 6.15. The molecule has 3 aliphatic rings. The van der Waals surface area contributed by atoms with Crippen molar-refractivity contribution in [2.24, 2.45) is 5.92 Å². The predicted molar refractivity (Wildman–Crippen MR) is 139 cm³/mol. The Hall–Kier alpha value is -3.16. The summed E-state index contributed by atoms with van der Waals surface area (Å²) in [5, 5.41) is 20.9. The van der Waals surface area contributed by atoms with Gasteiger partial charge in [0.2, 0.25) is 5.95 Å². The van der Waals surface area contributed by atoms with Crippen molar-refractivity contribution in [3.8, 4) is 0 Å². The van der Waals surface area contributed by atoms with Crippen LogP contribution < -0.4 is 16.9 Å². The monoisotopic (exact) mass is 612 g/mol. The summed E-state index contributed by atoms with van der Waals surface area (Å²) in [7, 11) is 0. The zero-order chi connectivity index (χ0) is 28.8. The Morgan fingerprint density at radius 1 is 1.15 bits per heavy atom. The minimum Gasteiger partial charge on any atom is -0.390 e. The Bertz CT molecular complexity index is 1830. The smallest absolute Gasteiger partial charge is 0.386 e. The van der Waals surface area contributed by atoms with E-state index >= 15 is 4.39 Å². The van der Waals surface area contributed by atoms with Crippen LogP contribution in [0, 0.1) is 5.92 Å². The molecule has 0 aromatic carbocycles. The van der Waals surface area contributed by atoms with Crippen LogP contribution in [0.1, 0.15) is 12.5 Å². The molecule has 41 heavy (non-hydrogen) atoms. The minimum absolute atomic E-state index is 0.0223. The average molecular weight is 612 g/mol. The molecule has 0 bridgehead atoms. The lowest BCUT2D eigenvalue weighted by atomic mass is 10.1. The molecule has 1 saturated carbocycles. The van der Waals surface area contributed by atoms with Gasteiger partial charge in [-0.15, -0.1) is 0 Å². The highest BCUT2D eigenvalue weighted by molar-refractivity contribution is 8.44. The highest BCUT2D eigenvalue weighted by atomic mass is 32.7. The van der Waals surface area contributed by atoms with E-state index in [-0.39, 0.29) is 28.1 Å². The number of thiol groups is 1. The summed E-state index contributed by atoms with van der Waals surface area (Å²) in [5.41, 5.74) is 4.86. The van der Waals surface area contributed by atoms with Gasteiger partial charge in [0.25, 0.3) is 11.1 Å². The molecule has 0 amide bonds. The molecule has 3 fully saturated rings. The third-order valence-electron chi connectivity index (χ3n) is 7.39. The number of nitrogens with one attached hydrogen (secondary N) is 2. The number of aliphatic hydroxyl groups excluding tert-OH is 2. The van der Waals surface area contributed by atoms with Gasteiger partial charge in [-0.3, -0.25) is 28.2 Å². The number of hydrogen-bond donors (Lipinski definition) is 6. The average Bonchev–Trinajstić information content (AvgIpc) is 3.40. The molecule has 17 nitrogen and oxygen atoms in total. The van der Waals surface area contributed by atoms with Crippen LogP contribution in [0.15, 0.2) is 34.5 Å². The summed E-state index contributed by atoms with van der Waals surface area (Å²) in [4.78, 5) is 41.1. The summed E-state index contributed by atoms with van der Waals surface area (Å²) in [6.45, 7) is -4.82. The summed E-state index contributed by atoms with van der Waals surface area (Å²) >= 11 is 4.04. The van der Waals surface area contributed by atoms with Gasteiger partial charge in [-0.1, -0.05) is 12.2 Å². The largest absolute Gasteiger partial charge is 0.390 e. The van der Waals surface area contributed by atoms with Gasteiger partial charge < -0.3 is 35.0 Å². The SMILES string of the molecule is Nc1nc2c(ncn2[C@@H]2O[C@@H]3C(O)C3C2O[P@@](=O)(S)OC[C@H]2O[C@@H](n3ccc4c(=O)[nH]cnc43)[C@@H](F)[C@@H]2O)c(=O)[nH]1. The number of nitrogens with zero attached hydrogens (tertiary/aromatic N) is 5. The molecule has 0 radical (unpaired) electrons. The van der Waals surface area contributed by atoms with Crippen LogP contribution in [0.25, 0.3) is 22.2 Å². The number of alkyl halides is 1. The van der Waals surface area contributed by atoms with E-state index < -0.39 is 79.6 Å². The normalized spacial score (nSPS) is 34.3. The first-order chi connectivity index (χ1) is 19.5. The highest BCUT2D eigenvalue weighted by Gasteiger charge is 2.66. The number of H-pyrrole nitrogens is 2. The number of anilines is 1. The summed E-state index contributed by atoms with van der Waals surface area (Å²) in [5.74, 6) is -0.769. The first kappa shape index (κ1) is 26.7. The molecule has 10 atom stereocenters. The van der Waals surface area contributed by atoms with Crippen molar-refractivity contribution in [2.45, 2.75) is 49.1 Å². The molecule has 4 aromatic rings. The Labute approximate surface area is 232 Å². The number of aromatic nitrogens is 7. The molecule has 1 aliphatic carbocycles. The first-order valence-electron chi connectivity index (χ1n) is 12.3. The number of ether oxygens (including phenoxy) is 2. The van der Waals surface area contributed by atoms with Crippen molar-refractivity contribution >= 4 is 47.2 Å². The molecule has 20 heteroatoms. The van der Waals surface area contributed by atoms with Crippen molar-refractivity contribution < 1.29 is 37.7 Å². The van der Waals surface area contributed by atoms with E-state index in [1.165, 1.54) is 27.7 Å². The third kappa shape index (κ3) is 4.31. The molecule has 3 unspecified atom stereocenters. The number of aliphatic hydroxyl groups is 2. The van der Waals surface area contributed by atoms with Gasteiger partial charge in [0.05, 0.1) is 36.9 Å². The molecule has 6 heterocycles. The molecule has 4 aromatic heterocycles. The standard InChI is InChI=1S/C21H22FN8O9PS/c22-9-11(31)7(37-19(9)29-2-1-6-15(29)24-4-25-17(6)33)3-36-40(35,41)39-14-8-12(32)13(8)38-20(14)30-5-26-10-16(30)27-21(23)28-18(10)34/h1-2,4-5,7-9,11-14,19-20,31-32H,3H2,(H,35,41)(H,24,25,33)(H3,23,27,28,34)/t7-,8?,9+,11-,12?,13+,14?,19-,20-,40+/m1/s1. The van der Waals surface area contributed by atoms with E-state index in [0.29, 0.717) is 0 Å². The van der Waals surface area contributed by atoms with E-state index in [9.17, 15) is 24.4 Å². The van der Waals surface area contributed by atoms with E-state index in [4.69, 9.17) is 24.3 Å². The van der Waals surface area contributed by atoms with Gasteiger partial charge in [-0.05, 0) is 6.07 Å². The molecule has 7 rings (SSSR count). The second-order valence-electron chi connectivity index (χ2n) is 9.86. The number of nitrogen functional groups attached to an aromatic ring is 1. The molecular weight excluding hydrogens is 590 g/mol. The number of nitrogens with two attached hydrogens (primary N) is 1. The number of halogens is 1. The minimum atomic E-state index is -4.24. The van der Waals surface area contributed by atoms with Crippen LogP contribution in [0.4, 0.5) is 10.3 Å². The topological polar surface area (TPSA) is 235 Å². The fourth-order valence-electron chi connectivity index (χ4n) is 5.35. The number of aromatic amines is 2. The maximum atomic E-state index is 15.1. The van der Waals surface area contributed by atoms with Crippen LogP contribution in [0.2, 0.25) is 0 Å². The summed E-state index contributed by atoms with van der Waals surface area (Å²) < 4.78 is 53.6. The van der Waals surface area contributed by atoms with E-state index in [0.717, 1.165) is 6.33 Å². The Morgan fingerprint density at radius 3 is 2.76 bits per heavy atom. The third-order valence-corrected chi connectivity index (χ3v) is 9.00. The highest BCUT2D eigenvalue weighted by Crippen LogP contribution is 2.61. The van der Waals surface area contributed by atoms with Crippen LogP contribution >= 0.6 is 19.0 Å². The lowest BCUT2D eigenvalue weighted by Gasteiger charge is -2.27. The summed E-state index contributed by atoms with van der Waals surface area (Å²) in [6.07, 6.45) is -6.09. The van der Waals surface area contributed by atoms with Crippen LogP contribution in [-0.4, -0.2) is 87.6 Å². The Morgan fingerprint density at radius 2 is 1.95 bits per heavy atom. The van der Waals surface area contributed by atoms with E-state index in [2.05, 4.69) is 37.2 Å². The fraction of sp³-hybridized carbons (Fsp3) is 0.476. The van der Waals surface area contributed by atoms with Crippen molar-refractivity contribution in [3.63, 3.8) is 0 Å². The number of rotatable bonds is 7. The quantitative estimate of drug-likeness (QED) is 0.113. The second kappa shape index (κ2) is 9.43. The second-order valence-corrected chi connectivity index (χ2v) is 12.7. The first-order valence-corrected chi connectivity index (χ1v) is 15.0. The fourth-order valence-corrected chi connectivity index (χ4v) is 6.83. The number of fused-ring (bicyclic) bond motifs is 3. The van der Waals surface area contributed by atoms with Crippen molar-refractivity contribution in [3.05, 3.63) is 45.6 Å². The maximum Gasteiger partial charge on any atom is 0.386 e. The lowest BCUT2D eigenvalue weighted by molar-refractivity contribution is -0.0658. The van der Waals surface area contributed by atoms with Gasteiger partial charge in [0.1, 0.15) is 24.0 Å². The van der Waals surface area contributed by atoms with Crippen molar-refractivity contribution in [1.82, 2.24) is 34.1 Å². The van der Waals surface area contributed by atoms with Crippen LogP contribution in [0.3, 0.4) is 0 Å². The summed E-state index contributed by atoms with van der Waals surface area (Å²) in [6, 6.07) is 1.44. The van der Waals surface area contributed by atoms with Gasteiger partial charge in [-0.2, -0.15) is 4.98 Å². The zero-order valence-electron chi connectivity index (χ0n) is 20.6. The molecule has 0 spiro atoms. The number of imidazole rings is 1. The van der Waals surface area contributed by atoms with E-state index in [1.54, 1.807) is 0 Å². The van der Waals surface area contributed by atoms with Crippen molar-refractivity contribution in [1.29, 1.82) is 0 Å². The lowest BCUT2D eigenvalue weighted by Crippen LogP contribution is -2.32. The molecule has 6 N–H and O–H groups in total. The molecule has 218 valence electrons. The van der Waals surface area contributed by atoms with Gasteiger partial charge in [-0.25, -0.2) is 18.9 Å². The van der Waals surface area contributed by atoms with Crippen molar-refractivity contribution in [2.75, 3.05) is 12.3 Å². The molecular formula is C21H22FN8O9PS. The molecule has 2 aliphatic heterocycles. The van der Waals surface area contributed by atoms with Crippen LogP contribution in [-0.2, 0) is 23.1 Å². The predicted octanol–water partition coefficient (Wildman–Crippen LogP) is -0.636. The Balaban J connectivity index is 1.07. The van der Waals surface area contributed by atoms with Gasteiger partial charge in [0, 0.05) is 12.1 Å².